The molecule has 6 bridgehead atoms. The highest BCUT2D eigenvalue weighted by atomic mass is 32.1. The molecule has 5 amide bonds. The summed E-state index contributed by atoms with van der Waals surface area (Å²) in [5.74, 6) is -2.73. The van der Waals surface area contributed by atoms with E-state index < -0.39 is 64.8 Å². The van der Waals surface area contributed by atoms with Crippen molar-refractivity contribution in [2.75, 3.05) is 91.6 Å². The minimum absolute atomic E-state index is 0.113. The van der Waals surface area contributed by atoms with Crippen LogP contribution in [0.1, 0.15) is 83.5 Å². The number of ether oxygens (including phenoxy) is 2. The molecule has 1 aromatic carbocycles. The predicted octanol–water partition coefficient (Wildman–Crippen LogP) is 7.12. The van der Waals surface area contributed by atoms with Crippen LogP contribution >= 0.6 is 11.3 Å². The Kier molecular flexibility index (Phi) is 16.6. The summed E-state index contributed by atoms with van der Waals surface area (Å²) in [7, 11) is 5.52. The number of hydrogen-bond acceptors (Lipinski definition) is 13. The maximum Gasteiger partial charge on any atom is 0.324 e. The molecular formula is C60H79F2N11O7S. The minimum atomic E-state index is -2.75. The van der Waals surface area contributed by atoms with Gasteiger partial charge in [-0.2, -0.15) is 0 Å². The van der Waals surface area contributed by atoms with Gasteiger partial charge in [-0.1, -0.05) is 45.9 Å². The van der Waals surface area contributed by atoms with Crippen LogP contribution < -0.4 is 15.6 Å². The first-order chi connectivity index (χ1) is 38.6. The van der Waals surface area contributed by atoms with Gasteiger partial charge in [0.25, 0.3) is 6.43 Å². The number of likely N-dealkylation sites (N-methyl/N-ethyl adjacent to an activating group) is 2. The summed E-state index contributed by atoms with van der Waals surface area (Å²) >= 11 is 1.44. The van der Waals surface area contributed by atoms with Gasteiger partial charge in [0.1, 0.15) is 17.7 Å². The maximum absolute atomic E-state index is 15.2. The van der Waals surface area contributed by atoms with Crippen molar-refractivity contribution in [3.05, 3.63) is 76.4 Å². The number of hydrogen-bond donors (Lipinski definition) is 2. The molecule has 436 valence electrons. The Morgan fingerprint density at radius 3 is 2.38 bits per heavy atom. The number of amides is 5. The van der Waals surface area contributed by atoms with Crippen LogP contribution in [0.25, 0.3) is 33.4 Å². The van der Waals surface area contributed by atoms with Crippen LogP contribution in [0.2, 0.25) is 0 Å². The van der Waals surface area contributed by atoms with E-state index in [4.69, 9.17) is 19.4 Å². The zero-order valence-corrected chi connectivity index (χ0v) is 49.1. The smallest absolute Gasteiger partial charge is 0.324 e. The summed E-state index contributed by atoms with van der Waals surface area (Å²) in [5, 5.41) is 8.45. The minimum Gasteiger partial charge on any atom is -0.464 e. The Labute approximate surface area is 477 Å². The highest BCUT2D eigenvalue weighted by molar-refractivity contribution is 7.10. The van der Waals surface area contributed by atoms with Crippen molar-refractivity contribution in [1.29, 1.82) is 0 Å². The summed E-state index contributed by atoms with van der Waals surface area (Å²) in [4.78, 5) is 90.5. The molecule has 21 heteroatoms. The lowest BCUT2D eigenvalue weighted by atomic mass is 9.83. The number of nitrogens with one attached hydrogen (secondary N) is 2. The van der Waals surface area contributed by atoms with Crippen LogP contribution in [0.3, 0.4) is 0 Å². The number of esters is 1. The van der Waals surface area contributed by atoms with Gasteiger partial charge in [-0.05, 0) is 94.7 Å². The van der Waals surface area contributed by atoms with Gasteiger partial charge in [-0.15, -0.1) is 11.3 Å². The zero-order valence-electron chi connectivity index (χ0n) is 48.3. The van der Waals surface area contributed by atoms with E-state index in [2.05, 4.69) is 84.1 Å². The van der Waals surface area contributed by atoms with E-state index in [0.717, 1.165) is 95.5 Å². The summed E-state index contributed by atoms with van der Waals surface area (Å²) in [6.45, 7) is 17.7. The summed E-state index contributed by atoms with van der Waals surface area (Å²) in [6.07, 6.45) is 8.08. The third-order valence-corrected chi connectivity index (χ3v) is 18.4. The number of rotatable bonds is 13. The van der Waals surface area contributed by atoms with Crippen molar-refractivity contribution in [3.8, 4) is 22.5 Å². The van der Waals surface area contributed by atoms with Crippen LogP contribution in [-0.2, 0) is 53.6 Å². The molecule has 0 unspecified atom stereocenters. The van der Waals surface area contributed by atoms with Gasteiger partial charge in [0, 0.05) is 125 Å². The quantitative estimate of drug-likeness (QED) is 0.0789. The number of carbonyl (C=O) groups is 5. The number of piperazine rings is 2. The van der Waals surface area contributed by atoms with E-state index in [1.54, 1.807) is 31.2 Å². The van der Waals surface area contributed by atoms with Gasteiger partial charge in [0.05, 0.1) is 52.0 Å². The molecule has 7 heterocycles. The first kappa shape index (κ1) is 57.9. The number of pyridine rings is 1. The summed E-state index contributed by atoms with van der Waals surface area (Å²) < 4.78 is 40.7. The van der Waals surface area contributed by atoms with Crippen LogP contribution in [0.5, 0.6) is 0 Å². The standard InChI is InChI=1S/C60H79F2N11O7S/c1-10-72-47-16-13-38-30-41(47)43(52(72)42-31-40(69-24-22-67(7)23-25-69)34-63-53(42)59(6,79-9)39-14-15-39)33-58(4,5)36-80-56(77)45-12-11-21-73(66-45)55(76)44(32-49-64-46(38)35-81-49)60(19-20-60)65-54(75)51(37(2)3)68(8)57(78)71-28-26-70(27-29-71)50(74)18-17-48(61)62/h13,16-20,30-31,34-35,37,39,44-45,48,51,66H,10-12,14-15,21-29,32-33,36H2,1-9H3,(H,65,75)/b18-17+/t44-,45-,51-,59+/m0/s1. The number of hydrazine groups is 1. The highest BCUT2D eigenvalue weighted by Gasteiger charge is 2.52. The Morgan fingerprint density at radius 1 is 1.01 bits per heavy atom. The molecule has 3 aromatic heterocycles. The van der Waals surface area contributed by atoms with Crippen LogP contribution in [0.4, 0.5) is 19.3 Å². The number of benzene rings is 1. The van der Waals surface area contributed by atoms with Gasteiger partial charge in [-0.3, -0.25) is 29.2 Å². The number of methoxy groups -OCH3 is 1. The largest absolute Gasteiger partial charge is 0.464 e. The number of fused-ring (bicyclic) bond motifs is 6. The Hall–Kier alpha value is -6.29. The van der Waals surface area contributed by atoms with Crippen molar-refractivity contribution in [2.24, 2.45) is 23.2 Å². The second-order valence-corrected chi connectivity index (χ2v) is 25.2. The molecule has 4 aliphatic heterocycles. The molecular weight excluding hydrogens is 1060 g/mol. The molecule has 10 rings (SSSR count). The molecule has 81 heavy (non-hydrogen) atoms. The van der Waals surface area contributed by atoms with Crippen LogP contribution in [-0.4, -0.2) is 180 Å². The fourth-order valence-corrected chi connectivity index (χ4v) is 13.4. The lowest BCUT2D eigenvalue weighted by molar-refractivity contribution is -0.155. The van der Waals surface area contributed by atoms with E-state index in [-0.39, 0.29) is 51.0 Å². The van der Waals surface area contributed by atoms with E-state index >= 15 is 4.79 Å². The van der Waals surface area contributed by atoms with Gasteiger partial charge < -0.3 is 43.9 Å². The number of allylic oxidation sites excluding steroid dienone is 1. The summed E-state index contributed by atoms with van der Waals surface area (Å²) in [5.41, 5.74) is 8.74. The lowest BCUT2D eigenvalue weighted by Gasteiger charge is -2.40. The molecule has 1 saturated carbocycles. The fraction of sp³-hybridized carbons (Fsp3) is 0.583. The predicted molar refractivity (Wildman–Crippen MR) is 307 cm³/mol. The molecule has 4 fully saturated rings. The van der Waals surface area contributed by atoms with E-state index in [9.17, 15) is 28.0 Å². The summed E-state index contributed by atoms with van der Waals surface area (Å²) in [6, 6.07) is 6.65. The van der Waals surface area contributed by atoms with Gasteiger partial charge >= 0.3 is 12.0 Å². The Balaban J connectivity index is 0.999. The number of anilines is 1. The number of aryl methyl sites for hydroxylation is 1. The lowest BCUT2D eigenvalue weighted by Crippen LogP contribution is -2.62. The molecule has 0 radical (unpaired) electrons. The number of urea groups is 1. The Morgan fingerprint density at radius 2 is 1.73 bits per heavy atom. The number of aromatic nitrogens is 3. The normalized spacial score (nSPS) is 22.7. The SMILES string of the molecule is CCn1c(-c2cc(N3CCN(C)CC3)cnc2[C@](C)(OC)C2CC2)c2c3cc(ccc31)-c1csc(n1)C[C@H](C1(NC(=O)[C@H](C(C)C)N(C)C(=O)N3CCN(C(=O)/C=C/C(F)F)CC3)C=C1)C(=O)N1CCC[C@H](N1)C(=O)OCC(C)(C)C2. The average Bonchev–Trinajstić information content (AvgIpc) is 3.23. The molecule has 0 spiro atoms. The average molecular weight is 1140 g/mol. The molecule has 2 N–H and O–H groups in total. The number of cyclic esters (lactones) is 1. The van der Waals surface area contributed by atoms with Crippen molar-refractivity contribution in [3.63, 3.8) is 0 Å². The molecule has 3 saturated heterocycles. The number of carbonyl (C=O) groups excluding carboxylic acids is 5. The topological polar surface area (TPSA) is 178 Å². The van der Waals surface area contributed by atoms with E-state index in [0.29, 0.717) is 49.4 Å². The van der Waals surface area contributed by atoms with Crippen molar-refractivity contribution >= 4 is 57.6 Å². The maximum atomic E-state index is 15.2. The van der Waals surface area contributed by atoms with E-state index in [1.165, 1.54) is 26.1 Å². The molecule has 6 aliphatic rings. The zero-order chi connectivity index (χ0) is 57.7. The molecule has 4 atom stereocenters. The second kappa shape index (κ2) is 23.2. The highest BCUT2D eigenvalue weighted by Crippen LogP contribution is 2.51. The molecule has 2 aliphatic carbocycles. The number of alkyl halides is 2. The first-order valence-corrected chi connectivity index (χ1v) is 29.6. The van der Waals surface area contributed by atoms with Crippen molar-refractivity contribution < 1.29 is 42.2 Å². The van der Waals surface area contributed by atoms with Crippen molar-refractivity contribution in [2.45, 2.75) is 116 Å². The number of halogens is 2. The van der Waals surface area contributed by atoms with Crippen LogP contribution in [0, 0.1) is 23.2 Å². The monoisotopic (exact) mass is 1140 g/mol. The second-order valence-electron chi connectivity index (χ2n) is 24.3. The molecule has 18 nitrogen and oxygen atoms in total. The third-order valence-electron chi connectivity index (χ3n) is 17.6. The van der Waals surface area contributed by atoms with Gasteiger partial charge in [0.2, 0.25) is 17.7 Å². The van der Waals surface area contributed by atoms with Crippen LogP contribution in [0.15, 0.2) is 60.1 Å². The first-order valence-electron chi connectivity index (χ1n) is 28.8. The van der Waals surface area contributed by atoms with Gasteiger partial charge in [-0.25, -0.2) is 24.0 Å². The molecule has 4 aromatic rings. The fourth-order valence-electron chi connectivity index (χ4n) is 12.6. The van der Waals surface area contributed by atoms with E-state index in [1.807, 2.05) is 25.4 Å². The van der Waals surface area contributed by atoms with Gasteiger partial charge in [0.15, 0.2) is 0 Å². The third kappa shape index (κ3) is 11.9. The Bertz CT molecular complexity index is 3100. The number of thiazole rings is 1. The number of nitrogens with zero attached hydrogens (tertiary/aromatic N) is 9. The van der Waals surface area contributed by atoms with Crippen molar-refractivity contribution in [1.82, 2.24) is 49.9 Å².